The molecule has 0 aromatic carbocycles. The van der Waals surface area contributed by atoms with Crippen LogP contribution < -0.4 is 16.4 Å². The van der Waals surface area contributed by atoms with E-state index in [1.54, 1.807) is 0 Å². The van der Waals surface area contributed by atoms with Crippen molar-refractivity contribution in [3.05, 3.63) is 0 Å². The maximum atomic E-state index is 11.3. The van der Waals surface area contributed by atoms with Crippen LogP contribution in [0.4, 0.5) is 0 Å². The van der Waals surface area contributed by atoms with Gasteiger partial charge >= 0.3 is 0 Å². The normalized spacial score (nSPS) is 18.8. The summed E-state index contributed by atoms with van der Waals surface area (Å²) >= 11 is 0. The number of nitrogens with one attached hydrogen (secondary N) is 2. The van der Waals surface area contributed by atoms with E-state index in [0.717, 1.165) is 71.1 Å². The van der Waals surface area contributed by atoms with Crippen molar-refractivity contribution in [1.82, 2.24) is 15.5 Å². The summed E-state index contributed by atoms with van der Waals surface area (Å²) in [6.45, 7) is 10.6. The fraction of sp³-hybridized carbons (Fsp3) is 0.875. The van der Waals surface area contributed by atoms with Crippen LogP contribution in [0.2, 0.25) is 0 Å². The van der Waals surface area contributed by atoms with Gasteiger partial charge in [-0.3, -0.25) is 9.79 Å². The third-order valence-electron chi connectivity index (χ3n) is 3.90. The van der Waals surface area contributed by atoms with Gasteiger partial charge in [-0.25, -0.2) is 0 Å². The first kappa shape index (κ1) is 23.4. The predicted octanol–water partition coefficient (Wildman–Crippen LogP) is 0.783. The molecule has 1 rings (SSSR count). The Morgan fingerprint density at radius 3 is 2.83 bits per heavy atom. The number of amides is 1. The number of aliphatic imine (C=N–C) groups is 1. The molecule has 0 aliphatic carbocycles. The number of rotatable bonds is 10. The standard InChI is InChI=1S/C16H33N5O2.HI/c1-3-18-16(20-9-12-23-4-2)19-8-6-11-21-10-5-7-14(13-21)15(17)22;/h14H,3-13H2,1-2H3,(H2,17,22)(H2,18,19,20);1H. The van der Waals surface area contributed by atoms with Gasteiger partial charge in [-0.15, -0.1) is 24.0 Å². The average Bonchev–Trinajstić information content (AvgIpc) is 2.55. The van der Waals surface area contributed by atoms with E-state index in [1.165, 1.54) is 0 Å². The van der Waals surface area contributed by atoms with Crippen LogP contribution in [0.3, 0.4) is 0 Å². The second-order valence-corrected chi connectivity index (χ2v) is 5.78. The molecule has 1 aliphatic rings. The summed E-state index contributed by atoms with van der Waals surface area (Å²) in [5, 5.41) is 6.48. The number of guanidine groups is 1. The van der Waals surface area contributed by atoms with Crippen molar-refractivity contribution in [3.63, 3.8) is 0 Å². The lowest BCUT2D eigenvalue weighted by molar-refractivity contribution is -0.123. The highest BCUT2D eigenvalue weighted by Gasteiger charge is 2.23. The topological polar surface area (TPSA) is 92.0 Å². The van der Waals surface area contributed by atoms with Gasteiger partial charge in [0, 0.05) is 32.8 Å². The molecular weight excluding hydrogens is 421 g/mol. The number of primary amides is 1. The first-order chi connectivity index (χ1) is 11.2. The van der Waals surface area contributed by atoms with Crippen LogP contribution in [0, 0.1) is 5.92 Å². The third-order valence-corrected chi connectivity index (χ3v) is 3.90. The lowest BCUT2D eigenvalue weighted by Gasteiger charge is -2.30. The van der Waals surface area contributed by atoms with Crippen molar-refractivity contribution < 1.29 is 9.53 Å². The molecule has 142 valence electrons. The maximum Gasteiger partial charge on any atom is 0.221 e. The fourth-order valence-electron chi connectivity index (χ4n) is 2.70. The number of carbonyl (C=O) groups is 1. The highest BCUT2D eigenvalue weighted by Crippen LogP contribution is 2.15. The van der Waals surface area contributed by atoms with Gasteiger partial charge in [0.05, 0.1) is 12.5 Å². The summed E-state index contributed by atoms with van der Waals surface area (Å²) in [6.07, 6.45) is 2.96. The third kappa shape index (κ3) is 10.3. The highest BCUT2D eigenvalue weighted by atomic mass is 127. The van der Waals surface area contributed by atoms with Crippen molar-refractivity contribution in [2.45, 2.75) is 33.1 Å². The molecule has 1 fully saturated rings. The maximum absolute atomic E-state index is 11.3. The van der Waals surface area contributed by atoms with Crippen LogP contribution in [0.15, 0.2) is 4.99 Å². The summed E-state index contributed by atoms with van der Waals surface area (Å²) in [6, 6.07) is 0. The van der Waals surface area contributed by atoms with Crippen molar-refractivity contribution >= 4 is 35.8 Å². The largest absolute Gasteiger partial charge is 0.380 e. The van der Waals surface area contributed by atoms with E-state index in [2.05, 4.69) is 27.4 Å². The Labute approximate surface area is 163 Å². The monoisotopic (exact) mass is 455 g/mol. The summed E-state index contributed by atoms with van der Waals surface area (Å²) in [4.78, 5) is 18.2. The molecule has 1 heterocycles. The molecule has 1 amide bonds. The molecule has 24 heavy (non-hydrogen) atoms. The van der Waals surface area contributed by atoms with Crippen molar-refractivity contribution in [2.24, 2.45) is 16.6 Å². The van der Waals surface area contributed by atoms with Crippen molar-refractivity contribution in [1.29, 1.82) is 0 Å². The van der Waals surface area contributed by atoms with E-state index in [0.29, 0.717) is 6.61 Å². The molecule has 1 aliphatic heterocycles. The van der Waals surface area contributed by atoms with Crippen LogP contribution in [0.1, 0.15) is 33.1 Å². The zero-order valence-corrected chi connectivity index (χ0v) is 17.4. The average molecular weight is 455 g/mol. The minimum atomic E-state index is -0.166. The number of nitrogens with two attached hydrogens (primary N) is 1. The number of carbonyl (C=O) groups excluding carboxylic acids is 1. The number of hydrogen-bond donors (Lipinski definition) is 3. The predicted molar refractivity (Wildman–Crippen MR) is 109 cm³/mol. The quantitative estimate of drug-likeness (QED) is 0.196. The molecule has 0 saturated carbocycles. The van der Waals surface area contributed by atoms with E-state index in [1.807, 2.05) is 6.92 Å². The molecule has 7 nitrogen and oxygen atoms in total. The van der Waals surface area contributed by atoms with E-state index in [9.17, 15) is 4.79 Å². The minimum Gasteiger partial charge on any atom is -0.380 e. The van der Waals surface area contributed by atoms with Gasteiger partial charge in [0.1, 0.15) is 0 Å². The Kier molecular flexibility index (Phi) is 14.3. The molecule has 0 radical (unpaired) electrons. The molecule has 4 N–H and O–H groups in total. The van der Waals surface area contributed by atoms with Crippen LogP contribution in [-0.4, -0.2) is 69.2 Å². The van der Waals surface area contributed by atoms with Crippen molar-refractivity contribution in [3.8, 4) is 0 Å². The molecule has 0 spiro atoms. The fourth-order valence-corrected chi connectivity index (χ4v) is 2.70. The number of nitrogens with zero attached hydrogens (tertiary/aromatic N) is 2. The van der Waals surface area contributed by atoms with Gasteiger partial charge in [0.25, 0.3) is 0 Å². The number of hydrogen-bond acceptors (Lipinski definition) is 4. The summed E-state index contributed by atoms with van der Waals surface area (Å²) < 4.78 is 5.31. The Bertz CT molecular complexity index is 368. The Morgan fingerprint density at radius 2 is 2.17 bits per heavy atom. The zero-order chi connectivity index (χ0) is 16.9. The SMILES string of the molecule is CCNC(=NCCCN1CCCC(C(N)=O)C1)NCCOCC.I. The lowest BCUT2D eigenvalue weighted by atomic mass is 9.97. The van der Waals surface area contributed by atoms with Gasteiger partial charge < -0.3 is 26.0 Å². The zero-order valence-electron chi connectivity index (χ0n) is 15.1. The second-order valence-electron chi connectivity index (χ2n) is 5.78. The van der Waals surface area contributed by atoms with Crippen LogP contribution in [0.5, 0.6) is 0 Å². The van der Waals surface area contributed by atoms with Gasteiger partial charge in [-0.1, -0.05) is 0 Å². The molecule has 0 aromatic heterocycles. The number of piperidine rings is 1. The smallest absolute Gasteiger partial charge is 0.221 e. The number of likely N-dealkylation sites (tertiary alicyclic amines) is 1. The van der Waals surface area contributed by atoms with E-state index < -0.39 is 0 Å². The minimum absolute atomic E-state index is 0. The molecule has 1 saturated heterocycles. The Balaban J connectivity index is 0.00000529. The summed E-state index contributed by atoms with van der Waals surface area (Å²) in [7, 11) is 0. The Hall–Kier alpha value is -0.610. The first-order valence-corrected chi connectivity index (χ1v) is 8.79. The molecule has 1 atom stereocenters. The Morgan fingerprint density at radius 1 is 1.38 bits per heavy atom. The number of ether oxygens (including phenoxy) is 1. The van der Waals surface area contributed by atoms with Gasteiger partial charge in [-0.2, -0.15) is 0 Å². The van der Waals surface area contributed by atoms with Crippen LogP contribution in [-0.2, 0) is 9.53 Å². The molecular formula is C16H34IN5O2. The molecule has 8 heteroatoms. The number of halogens is 1. The van der Waals surface area contributed by atoms with Crippen molar-refractivity contribution in [2.75, 3.05) is 52.5 Å². The van der Waals surface area contributed by atoms with Crippen LogP contribution >= 0.6 is 24.0 Å². The molecule has 0 aromatic rings. The van der Waals surface area contributed by atoms with E-state index >= 15 is 0 Å². The van der Waals surface area contributed by atoms with Crippen LogP contribution in [0.25, 0.3) is 0 Å². The molecule has 1 unspecified atom stereocenters. The second kappa shape index (κ2) is 14.7. The molecule has 0 bridgehead atoms. The highest BCUT2D eigenvalue weighted by molar-refractivity contribution is 14.0. The van der Waals surface area contributed by atoms with Gasteiger partial charge in [0.2, 0.25) is 5.91 Å². The van der Waals surface area contributed by atoms with Gasteiger partial charge in [0.15, 0.2) is 5.96 Å². The lowest BCUT2D eigenvalue weighted by Crippen LogP contribution is -2.41. The first-order valence-electron chi connectivity index (χ1n) is 8.79. The van der Waals surface area contributed by atoms with E-state index in [-0.39, 0.29) is 35.8 Å². The summed E-state index contributed by atoms with van der Waals surface area (Å²) in [5.41, 5.74) is 5.41. The summed E-state index contributed by atoms with van der Waals surface area (Å²) in [5.74, 6) is 0.686. The van der Waals surface area contributed by atoms with Gasteiger partial charge in [-0.05, 0) is 46.2 Å². The van der Waals surface area contributed by atoms with E-state index in [4.69, 9.17) is 10.5 Å².